The van der Waals surface area contributed by atoms with Gasteiger partial charge in [0, 0.05) is 6.04 Å². The van der Waals surface area contributed by atoms with Crippen LogP contribution in [0.2, 0.25) is 0 Å². The molecule has 2 rings (SSSR count). The number of hydrogen-bond acceptors (Lipinski definition) is 2. The number of nitrogens with zero attached hydrogens (tertiary/aromatic N) is 2. The average molecular weight is 212 g/mol. The molecule has 2 fully saturated rings. The fourth-order valence-electron chi connectivity index (χ4n) is 2.64. The van der Waals surface area contributed by atoms with Crippen molar-refractivity contribution >= 4 is 0 Å². The molecule has 2 heterocycles. The minimum absolute atomic E-state index is 0.913. The first kappa shape index (κ1) is 13.0. The van der Waals surface area contributed by atoms with Crippen LogP contribution >= 0.6 is 0 Å². The molecule has 0 unspecified atom stereocenters. The van der Waals surface area contributed by atoms with E-state index in [1.807, 2.05) is 13.8 Å². The highest BCUT2D eigenvalue weighted by molar-refractivity contribution is 4.80. The molecule has 2 nitrogen and oxygen atoms in total. The monoisotopic (exact) mass is 212 g/mol. The molecule has 2 saturated heterocycles. The second-order valence-electron chi connectivity index (χ2n) is 4.63. The van der Waals surface area contributed by atoms with E-state index in [0.29, 0.717) is 0 Å². The number of piperidine rings is 2. The van der Waals surface area contributed by atoms with E-state index in [4.69, 9.17) is 0 Å². The van der Waals surface area contributed by atoms with Crippen molar-refractivity contribution < 1.29 is 0 Å². The predicted molar refractivity (Wildman–Crippen MR) is 67.3 cm³/mol. The van der Waals surface area contributed by atoms with Gasteiger partial charge >= 0.3 is 0 Å². The Bertz CT molecular complexity index is 145. The lowest BCUT2D eigenvalue weighted by Gasteiger charge is -2.39. The number of likely N-dealkylation sites (tertiary alicyclic amines) is 2. The van der Waals surface area contributed by atoms with Gasteiger partial charge in [-0.1, -0.05) is 20.3 Å². The lowest BCUT2D eigenvalue weighted by Crippen LogP contribution is -2.45. The van der Waals surface area contributed by atoms with Crippen molar-refractivity contribution in [2.24, 2.45) is 0 Å². The summed E-state index contributed by atoms with van der Waals surface area (Å²) in [5.74, 6) is 0. The van der Waals surface area contributed by atoms with E-state index in [1.165, 1.54) is 58.3 Å². The third kappa shape index (κ3) is 4.12. The summed E-state index contributed by atoms with van der Waals surface area (Å²) in [7, 11) is 2.24. The molecule has 0 aromatic rings. The Balaban J connectivity index is 0.000000531. The van der Waals surface area contributed by atoms with E-state index in [-0.39, 0.29) is 0 Å². The maximum Gasteiger partial charge on any atom is 0.0120 e. The molecule has 0 aromatic carbocycles. The summed E-state index contributed by atoms with van der Waals surface area (Å²) in [6.07, 6.45) is 7.13. The van der Waals surface area contributed by atoms with Gasteiger partial charge in [0.15, 0.2) is 0 Å². The molecule has 2 aliphatic heterocycles. The van der Waals surface area contributed by atoms with Gasteiger partial charge in [0.2, 0.25) is 0 Å². The predicted octanol–water partition coefficient (Wildman–Crippen LogP) is 2.59. The molecule has 0 atom stereocenters. The van der Waals surface area contributed by atoms with E-state index in [0.717, 1.165) is 6.04 Å². The Morgan fingerprint density at radius 3 is 1.87 bits per heavy atom. The lowest BCUT2D eigenvalue weighted by atomic mass is 10.0. The number of hydrogen-bond donors (Lipinski definition) is 0. The molecule has 0 spiro atoms. The highest BCUT2D eigenvalue weighted by Crippen LogP contribution is 2.19. The molecule has 0 N–H and O–H groups in total. The summed E-state index contributed by atoms with van der Waals surface area (Å²) >= 11 is 0. The van der Waals surface area contributed by atoms with Crippen molar-refractivity contribution in [1.29, 1.82) is 0 Å². The Kier molecular flexibility index (Phi) is 6.26. The first-order chi connectivity index (χ1) is 7.36. The van der Waals surface area contributed by atoms with Gasteiger partial charge < -0.3 is 9.80 Å². The molecule has 0 amide bonds. The molecule has 0 radical (unpaired) electrons. The van der Waals surface area contributed by atoms with E-state index in [2.05, 4.69) is 16.8 Å². The summed E-state index contributed by atoms with van der Waals surface area (Å²) in [5, 5.41) is 0. The van der Waals surface area contributed by atoms with Crippen molar-refractivity contribution in [3.8, 4) is 0 Å². The normalized spacial score (nSPS) is 25.8. The molecule has 0 aromatic heterocycles. The van der Waals surface area contributed by atoms with Gasteiger partial charge in [-0.05, 0) is 58.9 Å². The van der Waals surface area contributed by atoms with E-state index >= 15 is 0 Å². The van der Waals surface area contributed by atoms with Crippen molar-refractivity contribution in [2.75, 3.05) is 33.2 Å². The van der Waals surface area contributed by atoms with E-state index in [9.17, 15) is 0 Å². The van der Waals surface area contributed by atoms with Crippen LogP contribution in [-0.4, -0.2) is 49.1 Å². The average Bonchev–Trinajstić information content (AvgIpc) is 2.34. The van der Waals surface area contributed by atoms with Crippen molar-refractivity contribution in [3.05, 3.63) is 0 Å². The van der Waals surface area contributed by atoms with Crippen LogP contribution in [0.15, 0.2) is 0 Å². The smallest absolute Gasteiger partial charge is 0.0120 e. The van der Waals surface area contributed by atoms with Crippen molar-refractivity contribution in [2.45, 2.75) is 52.0 Å². The highest BCUT2D eigenvalue weighted by Gasteiger charge is 2.23. The molecular weight excluding hydrogens is 184 g/mol. The summed E-state index contributed by atoms with van der Waals surface area (Å²) in [4.78, 5) is 5.19. The quantitative estimate of drug-likeness (QED) is 0.659. The Labute approximate surface area is 95.6 Å². The minimum atomic E-state index is 0.913. The van der Waals surface area contributed by atoms with Crippen LogP contribution in [0.1, 0.15) is 46.0 Å². The standard InChI is InChI=1S/C11H22N2.C2H6/c1-12-9-5-11(6-10-12)13-7-3-2-4-8-13;1-2/h11H,2-10H2,1H3;1-2H3. The number of rotatable bonds is 1. The van der Waals surface area contributed by atoms with Crippen LogP contribution in [0, 0.1) is 0 Å². The molecule has 0 saturated carbocycles. The van der Waals surface area contributed by atoms with E-state index in [1.54, 1.807) is 0 Å². The molecular formula is C13H28N2. The Morgan fingerprint density at radius 1 is 0.800 bits per heavy atom. The maximum absolute atomic E-state index is 2.73. The second kappa shape index (κ2) is 7.24. The van der Waals surface area contributed by atoms with E-state index < -0.39 is 0 Å². The fraction of sp³-hybridized carbons (Fsp3) is 1.00. The van der Waals surface area contributed by atoms with Crippen molar-refractivity contribution in [3.63, 3.8) is 0 Å². The molecule has 2 heteroatoms. The van der Waals surface area contributed by atoms with Gasteiger partial charge in [-0.3, -0.25) is 0 Å². The first-order valence-electron chi connectivity index (χ1n) is 6.79. The summed E-state index contributed by atoms with van der Waals surface area (Å²) in [6.45, 7) is 9.35. The lowest BCUT2D eigenvalue weighted by molar-refractivity contribution is 0.103. The Morgan fingerprint density at radius 2 is 1.33 bits per heavy atom. The third-order valence-corrected chi connectivity index (χ3v) is 3.60. The molecule has 15 heavy (non-hydrogen) atoms. The maximum atomic E-state index is 2.73. The Hall–Kier alpha value is -0.0800. The third-order valence-electron chi connectivity index (χ3n) is 3.60. The van der Waals surface area contributed by atoms with Crippen LogP contribution in [0.3, 0.4) is 0 Å². The van der Waals surface area contributed by atoms with Gasteiger partial charge in [-0.25, -0.2) is 0 Å². The SMILES string of the molecule is CC.CN1CCC(N2CCCCC2)CC1. The van der Waals surface area contributed by atoms with Crippen LogP contribution in [0.5, 0.6) is 0 Å². The molecule has 2 aliphatic rings. The minimum Gasteiger partial charge on any atom is -0.306 e. The zero-order chi connectivity index (χ0) is 11.1. The zero-order valence-corrected chi connectivity index (χ0v) is 10.8. The summed E-state index contributed by atoms with van der Waals surface area (Å²) in [6, 6.07) is 0.913. The zero-order valence-electron chi connectivity index (χ0n) is 10.8. The topological polar surface area (TPSA) is 6.48 Å². The molecule has 0 aliphatic carbocycles. The summed E-state index contributed by atoms with van der Waals surface area (Å²) in [5.41, 5.74) is 0. The fourth-order valence-corrected chi connectivity index (χ4v) is 2.64. The van der Waals surface area contributed by atoms with Gasteiger partial charge in [-0.15, -0.1) is 0 Å². The van der Waals surface area contributed by atoms with Gasteiger partial charge in [0.1, 0.15) is 0 Å². The molecule has 0 bridgehead atoms. The van der Waals surface area contributed by atoms with Gasteiger partial charge in [0.25, 0.3) is 0 Å². The van der Waals surface area contributed by atoms with Crippen molar-refractivity contribution in [1.82, 2.24) is 9.80 Å². The molecule has 90 valence electrons. The van der Waals surface area contributed by atoms with Crippen LogP contribution in [-0.2, 0) is 0 Å². The van der Waals surface area contributed by atoms with Crippen LogP contribution < -0.4 is 0 Å². The second-order valence-corrected chi connectivity index (χ2v) is 4.63. The van der Waals surface area contributed by atoms with Gasteiger partial charge in [-0.2, -0.15) is 0 Å². The van der Waals surface area contributed by atoms with Crippen LogP contribution in [0.25, 0.3) is 0 Å². The largest absolute Gasteiger partial charge is 0.306 e. The first-order valence-corrected chi connectivity index (χ1v) is 6.79. The van der Waals surface area contributed by atoms with Crippen LogP contribution in [0.4, 0.5) is 0 Å². The summed E-state index contributed by atoms with van der Waals surface area (Å²) < 4.78 is 0. The van der Waals surface area contributed by atoms with Gasteiger partial charge in [0.05, 0.1) is 0 Å². The highest BCUT2D eigenvalue weighted by atomic mass is 15.2.